The van der Waals surface area contributed by atoms with Crippen molar-refractivity contribution in [1.82, 2.24) is 19.7 Å². The number of thiazole rings is 1. The van der Waals surface area contributed by atoms with E-state index in [4.69, 9.17) is 0 Å². The van der Waals surface area contributed by atoms with Crippen molar-refractivity contribution in [3.63, 3.8) is 0 Å². The Morgan fingerprint density at radius 3 is 2.81 bits per heavy atom. The highest BCUT2D eigenvalue weighted by Crippen LogP contribution is 2.36. The van der Waals surface area contributed by atoms with Crippen LogP contribution in [0.2, 0.25) is 0 Å². The van der Waals surface area contributed by atoms with Crippen LogP contribution in [0.15, 0.2) is 44.7 Å². The average molecular weight is 547 g/mol. The lowest BCUT2D eigenvalue weighted by molar-refractivity contribution is -0.113. The number of nitrogens with zero attached hydrogens (tertiary/aromatic N) is 4. The van der Waals surface area contributed by atoms with Crippen LogP contribution in [0.4, 0.5) is 5.13 Å². The normalized spacial score (nSPS) is 13.2. The van der Waals surface area contributed by atoms with Crippen molar-refractivity contribution in [1.29, 1.82) is 0 Å². The first-order chi connectivity index (χ1) is 15.6. The number of benzene rings is 1. The molecule has 1 amide bonds. The number of thioether (sulfide) groups is 1. The third-order valence-corrected chi connectivity index (χ3v) is 8.76. The highest BCUT2D eigenvalue weighted by atomic mass is 79.9. The monoisotopic (exact) mass is 545 g/mol. The van der Waals surface area contributed by atoms with E-state index in [9.17, 15) is 4.79 Å². The van der Waals surface area contributed by atoms with Crippen molar-refractivity contribution in [2.24, 2.45) is 7.05 Å². The second-order valence-electron chi connectivity index (χ2n) is 7.51. The van der Waals surface area contributed by atoms with Crippen LogP contribution in [0.5, 0.6) is 0 Å². The maximum Gasteiger partial charge on any atom is 0.236 e. The van der Waals surface area contributed by atoms with Gasteiger partial charge in [-0.2, -0.15) is 0 Å². The quantitative estimate of drug-likeness (QED) is 0.299. The Kier molecular flexibility index (Phi) is 6.45. The first kappa shape index (κ1) is 21.8. The number of carbonyl (C=O) groups excluding carboxylic acids is 1. The Balaban J connectivity index is 1.22. The summed E-state index contributed by atoms with van der Waals surface area (Å²) in [5.41, 5.74) is 4.49. The van der Waals surface area contributed by atoms with Crippen LogP contribution in [0, 0.1) is 0 Å². The SMILES string of the molecule is Cn1c(SCC(=O)Nc2nc(-c3ccc(Br)cc3)cs2)nnc1-c1csc2c1CCCC2. The maximum atomic E-state index is 12.5. The Morgan fingerprint density at radius 1 is 1.16 bits per heavy atom. The molecule has 0 saturated carbocycles. The molecule has 1 aliphatic rings. The summed E-state index contributed by atoms with van der Waals surface area (Å²) < 4.78 is 3.01. The van der Waals surface area contributed by atoms with Gasteiger partial charge < -0.3 is 9.88 Å². The lowest BCUT2D eigenvalue weighted by atomic mass is 9.96. The molecule has 0 radical (unpaired) electrons. The zero-order valence-electron chi connectivity index (χ0n) is 17.3. The Bertz CT molecular complexity index is 1260. The molecule has 5 rings (SSSR count). The van der Waals surface area contributed by atoms with E-state index in [1.807, 2.05) is 52.6 Å². The van der Waals surface area contributed by atoms with Gasteiger partial charge >= 0.3 is 0 Å². The highest BCUT2D eigenvalue weighted by molar-refractivity contribution is 9.10. The summed E-state index contributed by atoms with van der Waals surface area (Å²) in [6.45, 7) is 0. The fourth-order valence-electron chi connectivity index (χ4n) is 3.73. The molecule has 1 N–H and O–H groups in total. The van der Waals surface area contributed by atoms with E-state index in [2.05, 4.69) is 41.8 Å². The van der Waals surface area contributed by atoms with E-state index >= 15 is 0 Å². The number of nitrogens with one attached hydrogen (secondary N) is 1. The summed E-state index contributed by atoms with van der Waals surface area (Å²) in [7, 11) is 1.97. The average Bonchev–Trinajstić information content (AvgIpc) is 3.52. The second kappa shape index (κ2) is 9.46. The zero-order valence-corrected chi connectivity index (χ0v) is 21.3. The number of halogens is 1. The number of aryl methyl sites for hydroxylation is 1. The number of aromatic nitrogens is 4. The van der Waals surface area contributed by atoms with E-state index in [0.29, 0.717) is 5.13 Å². The van der Waals surface area contributed by atoms with Gasteiger partial charge in [-0.1, -0.05) is 39.8 Å². The molecule has 0 bridgehead atoms. The van der Waals surface area contributed by atoms with Crippen molar-refractivity contribution < 1.29 is 4.79 Å². The van der Waals surface area contributed by atoms with Gasteiger partial charge in [0.1, 0.15) is 0 Å². The topological polar surface area (TPSA) is 72.7 Å². The van der Waals surface area contributed by atoms with Gasteiger partial charge in [0.15, 0.2) is 16.1 Å². The predicted molar refractivity (Wildman–Crippen MR) is 136 cm³/mol. The van der Waals surface area contributed by atoms with Gasteiger partial charge in [-0.15, -0.1) is 32.9 Å². The summed E-state index contributed by atoms with van der Waals surface area (Å²) in [5.74, 6) is 1.02. The molecule has 3 aromatic heterocycles. The molecule has 0 aliphatic heterocycles. The van der Waals surface area contributed by atoms with Crippen molar-refractivity contribution in [2.75, 3.05) is 11.1 Å². The molecular formula is C22H20BrN5OS3. The van der Waals surface area contributed by atoms with E-state index in [1.165, 1.54) is 58.4 Å². The van der Waals surface area contributed by atoms with Gasteiger partial charge in [0.05, 0.1) is 11.4 Å². The van der Waals surface area contributed by atoms with Crippen molar-refractivity contribution >= 4 is 61.4 Å². The first-order valence-electron chi connectivity index (χ1n) is 10.2. The number of anilines is 1. The number of thiophene rings is 1. The second-order valence-corrected chi connectivity index (χ2v) is 11.2. The van der Waals surface area contributed by atoms with Crippen LogP contribution >= 0.6 is 50.4 Å². The van der Waals surface area contributed by atoms with Crippen LogP contribution in [-0.2, 0) is 24.7 Å². The molecule has 0 spiro atoms. The van der Waals surface area contributed by atoms with E-state index in [0.717, 1.165) is 33.1 Å². The molecule has 10 heteroatoms. The standard InChI is InChI=1S/C22H20BrN5OS3/c1-28-20(16-10-30-18-5-3-2-4-15(16)18)26-27-22(28)32-12-19(29)25-21-24-17(11-31-21)13-6-8-14(23)9-7-13/h6-11H,2-5,12H2,1H3,(H,24,25,29). The minimum Gasteiger partial charge on any atom is -0.305 e. The molecule has 1 aliphatic carbocycles. The molecule has 4 aromatic rings. The highest BCUT2D eigenvalue weighted by Gasteiger charge is 2.21. The summed E-state index contributed by atoms with van der Waals surface area (Å²) >= 11 is 8.07. The molecule has 0 fully saturated rings. The number of rotatable bonds is 6. The largest absolute Gasteiger partial charge is 0.305 e. The molecule has 164 valence electrons. The Morgan fingerprint density at radius 2 is 1.97 bits per heavy atom. The minimum absolute atomic E-state index is 0.107. The molecule has 6 nitrogen and oxygen atoms in total. The first-order valence-corrected chi connectivity index (χ1v) is 13.8. The smallest absolute Gasteiger partial charge is 0.236 e. The third-order valence-electron chi connectivity index (χ3n) is 5.36. The van der Waals surface area contributed by atoms with Crippen molar-refractivity contribution in [3.05, 3.63) is 49.9 Å². The molecular weight excluding hydrogens is 526 g/mol. The van der Waals surface area contributed by atoms with Gasteiger partial charge in [-0.05, 0) is 43.4 Å². The number of carbonyl (C=O) groups is 1. The number of amides is 1. The summed E-state index contributed by atoms with van der Waals surface area (Å²) in [5, 5.41) is 17.1. The van der Waals surface area contributed by atoms with Gasteiger partial charge in [0, 0.05) is 38.3 Å². The van der Waals surface area contributed by atoms with Crippen LogP contribution in [0.1, 0.15) is 23.3 Å². The molecule has 1 aromatic carbocycles. The van der Waals surface area contributed by atoms with Crippen molar-refractivity contribution in [3.8, 4) is 22.6 Å². The predicted octanol–water partition coefficient (Wildman–Crippen LogP) is 6.04. The van der Waals surface area contributed by atoms with Gasteiger partial charge in [0.25, 0.3) is 0 Å². The Labute approximate surface area is 206 Å². The van der Waals surface area contributed by atoms with Crippen LogP contribution in [0.3, 0.4) is 0 Å². The lowest BCUT2D eigenvalue weighted by Crippen LogP contribution is -2.14. The van der Waals surface area contributed by atoms with E-state index in [1.54, 1.807) is 0 Å². The fraction of sp³-hybridized carbons (Fsp3) is 0.273. The van der Waals surface area contributed by atoms with Gasteiger partial charge in [0.2, 0.25) is 5.91 Å². The fourth-order valence-corrected chi connectivity index (χ4v) is 6.56. The number of fused-ring (bicyclic) bond motifs is 1. The molecule has 3 heterocycles. The summed E-state index contributed by atoms with van der Waals surface area (Å²) in [6, 6.07) is 7.95. The maximum absolute atomic E-state index is 12.5. The molecule has 32 heavy (non-hydrogen) atoms. The van der Waals surface area contributed by atoms with Crippen molar-refractivity contribution in [2.45, 2.75) is 30.8 Å². The lowest BCUT2D eigenvalue weighted by Gasteiger charge is -2.12. The van der Waals surface area contributed by atoms with Gasteiger partial charge in [-0.25, -0.2) is 4.98 Å². The molecule has 0 saturated heterocycles. The number of hydrogen-bond donors (Lipinski definition) is 1. The zero-order chi connectivity index (χ0) is 22.1. The van der Waals surface area contributed by atoms with Crippen LogP contribution in [-0.4, -0.2) is 31.4 Å². The number of hydrogen-bond acceptors (Lipinski definition) is 7. The summed E-state index contributed by atoms with van der Waals surface area (Å²) in [4.78, 5) is 18.5. The van der Waals surface area contributed by atoms with Crippen LogP contribution in [0.25, 0.3) is 22.6 Å². The van der Waals surface area contributed by atoms with Gasteiger partial charge in [-0.3, -0.25) is 4.79 Å². The van der Waals surface area contributed by atoms with Crippen LogP contribution < -0.4 is 5.32 Å². The van der Waals surface area contributed by atoms with E-state index in [-0.39, 0.29) is 11.7 Å². The Hall–Kier alpha value is -2.01. The van der Waals surface area contributed by atoms with E-state index < -0.39 is 0 Å². The third kappa shape index (κ3) is 4.54. The minimum atomic E-state index is -0.107. The molecule has 0 unspecified atom stereocenters. The molecule has 0 atom stereocenters. The summed E-state index contributed by atoms with van der Waals surface area (Å²) in [6.07, 6.45) is 4.78.